The lowest BCUT2D eigenvalue weighted by Gasteiger charge is -2.27. The summed E-state index contributed by atoms with van der Waals surface area (Å²) in [5, 5.41) is 0. The van der Waals surface area contributed by atoms with Gasteiger partial charge in [0.25, 0.3) is 5.91 Å². The lowest BCUT2D eigenvalue weighted by Crippen LogP contribution is -2.29. The first kappa shape index (κ1) is 16.7. The number of hydrogen-bond donors (Lipinski definition) is 0. The summed E-state index contributed by atoms with van der Waals surface area (Å²) >= 11 is 0. The predicted molar refractivity (Wildman–Crippen MR) is 99.0 cm³/mol. The van der Waals surface area contributed by atoms with Crippen molar-refractivity contribution in [1.29, 1.82) is 0 Å². The van der Waals surface area contributed by atoms with Crippen LogP contribution in [0.25, 0.3) is 11.1 Å². The van der Waals surface area contributed by atoms with Crippen LogP contribution in [0.4, 0.5) is 0 Å². The van der Waals surface area contributed by atoms with Gasteiger partial charge >= 0.3 is 0 Å². The predicted octanol–water partition coefficient (Wildman–Crippen LogP) is 4.04. The fraction of sp³-hybridized carbons (Fsp3) is 0.381. The van der Waals surface area contributed by atoms with E-state index in [0.29, 0.717) is 0 Å². The maximum absolute atomic E-state index is 12.2. The number of rotatable bonds is 4. The van der Waals surface area contributed by atoms with Crippen molar-refractivity contribution in [3.63, 3.8) is 0 Å². The van der Waals surface area contributed by atoms with E-state index in [9.17, 15) is 4.79 Å². The van der Waals surface area contributed by atoms with E-state index < -0.39 is 0 Å². The Morgan fingerprint density at radius 1 is 1.00 bits per heavy atom. The molecule has 0 spiro atoms. The third-order valence-electron chi connectivity index (χ3n) is 4.69. The third kappa shape index (κ3) is 3.85. The Morgan fingerprint density at radius 2 is 1.75 bits per heavy atom. The molecule has 1 saturated heterocycles. The molecule has 1 aliphatic rings. The molecule has 0 atom stereocenters. The van der Waals surface area contributed by atoms with Crippen LogP contribution in [-0.4, -0.2) is 42.9 Å². The standard InChI is InChI=1S/C21H26N2O/c1-22(2)21(24)18-11-8-10-17(15-18)20-12-5-4-9-19(20)16-23-13-6-3-7-14-23/h4-5,8-12,15H,3,6-7,13-14,16H2,1-2H3. The summed E-state index contributed by atoms with van der Waals surface area (Å²) in [6, 6.07) is 16.5. The molecule has 0 unspecified atom stereocenters. The fourth-order valence-corrected chi connectivity index (χ4v) is 3.38. The zero-order valence-electron chi connectivity index (χ0n) is 14.7. The molecular formula is C21H26N2O. The topological polar surface area (TPSA) is 23.6 Å². The maximum Gasteiger partial charge on any atom is 0.253 e. The summed E-state index contributed by atoms with van der Waals surface area (Å²) in [4.78, 5) is 16.4. The molecule has 1 aliphatic heterocycles. The van der Waals surface area contributed by atoms with Crippen LogP contribution >= 0.6 is 0 Å². The second-order valence-electron chi connectivity index (χ2n) is 6.77. The van der Waals surface area contributed by atoms with Gasteiger partial charge in [-0.05, 0) is 54.8 Å². The van der Waals surface area contributed by atoms with Gasteiger partial charge in [-0.3, -0.25) is 9.69 Å². The van der Waals surface area contributed by atoms with Crippen molar-refractivity contribution >= 4 is 5.91 Å². The Bertz CT molecular complexity index is 702. The number of benzene rings is 2. The van der Waals surface area contributed by atoms with Crippen LogP contribution in [0.15, 0.2) is 48.5 Å². The smallest absolute Gasteiger partial charge is 0.253 e. The van der Waals surface area contributed by atoms with Crippen molar-refractivity contribution < 1.29 is 4.79 Å². The molecule has 1 heterocycles. The molecule has 126 valence electrons. The summed E-state index contributed by atoms with van der Waals surface area (Å²) in [7, 11) is 3.58. The van der Waals surface area contributed by atoms with Crippen LogP contribution < -0.4 is 0 Å². The van der Waals surface area contributed by atoms with Crippen LogP contribution in [0.5, 0.6) is 0 Å². The van der Waals surface area contributed by atoms with E-state index in [2.05, 4.69) is 35.2 Å². The van der Waals surface area contributed by atoms with Gasteiger partial charge in [0.05, 0.1) is 0 Å². The van der Waals surface area contributed by atoms with Crippen molar-refractivity contribution in [2.45, 2.75) is 25.8 Å². The fourth-order valence-electron chi connectivity index (χ4n) is 3.38. The Hall–Kier alpha value is -2.13. The Balaban J connectivity index is 1.89. The molecular weight excluding hydrogens is 296 g/mol. The van der Waals surface area contributed by atoms with E-state index in [1.165, 1.54) is 43.5 Å². The van der Waals surface area contributed by atoms with Gasteiger partial charge in [-0.1, -0.05) is 42.8 Å². The largest absolute Gasteiger partial charge is 0.345 e. The molecule has 2 aromatic rings. The van der Waals surface area contributed by atoms with Gasteiger partial charge < -0.3 is 4.90 Å². The number of hydrogen-bond acceptors (Lipinski definition) is 2. The Morgan fingerprint density at radius 3 is 2.50 bits per heavy atom. The second-order valence-corrected chi connectivity index (χ2v) is 6.77. The number of carbonyl (C=O) groups excluding carboxylic acids is 1. The minimum Gasteiger partial charge on any atom is -0.345 e. The van der Waals surface area contributed by atoms with Crippen LogP contribution in [0.3, 0.4) is 0 Å². The van der Waals surface area contributed by atoms with Gasteiger partial charge in [-0.15, -0.1) is 0 Å². The summed E-state index contributed by atoms with van der Waals surface area (Å²) in [5.74, 6) is 0.0466. The molecule has 3 nitrogen and oxygen atoms in total. The lowest BCUT2D eigenvalue weighted by atomic mass is 9.97. The van der Waals surface area contributed by atoms with Gasteiger partial charge in [0.1, 0.15) is 0 Å². The Labute approximate surface area is 144 Å². The zero-order chi connectivity index (χ0) is 16.9. The van der Waals surface area contributed by atoms with Crippen LogP contribution in [0.1, 0.15) is 35.2 Å². The highest BCUT2D eigenvalue weighted by atomic mass is 16.2. The van der Waals surface area contributed by atoms with Crippen molar-refractivity contribution in [2.24, 2.45) is 0 Å². The maximum atomic E-state index is 12.2. The van der Waals surface area contributed by atoms with E-state index in [0.717, 1.165) is 17.7 Å². The van der Waals surface area contributed by atoms with E-state index in [-0.39, 0.29) is 5.91 Å². The van der Waals surface area contributed by atoms with Crippen molar-refractivity contribution in [3.8, 4) is 11.1 Å². The highest BCUT2D eigenvalue weighted by Crippen LogP contribution is 2.26. The van der Waals surface area contributed by atoms with E-state index >= 15 is 0 Å². The van der Waals surface area contributed by atoms with Crippen LogP contribution in [0.2, 0.25) is 0 Å². The molecule has 0 bridgehead atoms. The number of carbonyl (C=O) groups is 1. The third-order valence-corrected chi connectivity index (χ3v) is 4.69. The lowest BCUT2D eigenvalue weighted by molar-refractivity contribution is 0.0827. The normalized spacial score (nSPS) is 15.2. The average Bonchev–Trinajstić information content (AvgIpc) is 2.62. The highest BCUT2D eigenvalue weighted by Gasteiger charge is 2.14. The van der Waals surface area contributed by atoms with Gasteiger partial charge in [0, 0.05) is 26.2 Å². The molecule has 2 aromatic carbocycles. The van der Waals surface area contributed by atoms with E-state index in [1.807, 2.05) is 18.2 Å². The summed E-state index contributed by atoms with van der Waals surface area (Å²) in [5.41, 5.74) is 4.44. The van der Waals surface area contributed by atoms with E-state index in [1.54, 1.807) is 19.0 Å². The molecule has 3 heteroatoms. The molecule has 24 heavy (non-hydrogen) atoms. The monoisotopic (exact) mass is 322 g/mol. The van der Waals surface area contributed by atoms with Gasteiger partial charge in [0.2, 0.25) is 0 Å². The number of likely N-dealkylation sites (tertiary alicyclic amines) is 1. The van der Waals surface area contributed by atoms with Crippen LogP contribution in [0, 0.1) is 0 Å². The van der Waals surface area contributed by atoms with Gasteiger partial charge in [-0.2, -0.15) is 0 Å². The van der Waals surface area contributed by atoms with Crippen molar-refractivity contribution in [1.82, 2.24) is 9.80 Å². The minimum atomic E-state index is 0.0466. The molecule has 0 N–H and O–H groups in total. The molecule has 0 saturated carbocycles. The van der Waals surface area contributed by atoms with Crippen molar-refractivity contribution in [2.75, 3.05) is 27.2 Å². The molecule has 0 radical (unpaired) electrons. The second kappa shape index (κ2) is 7.63. The first-order chi connectivity index (χ1) is 11.6. The minimum absolute atomic E-state index is 0.0466. The molecule has 3 rings (SSSR count). The van der Waals surface area contributed by atoms with Gasteiger partial charge in [-0.25, -0.2) is 0 Å². The quantitative estimate of drug-likeness (QED) is 0.848. The molecule has 1 amide bonds. The summed E-state index contributed by atoms with van der Waals surface area (Å²) < 4.78 is 0. The first-order valence-corrected chi connectivity index (χ1v) is 8.77. The first-order valence-electron chi connectivity index (χ1n) is 8.77. The van der Waals surface area contributed by atoms with Crippen LogP contribution in [-0.2, 0) is 6.54 Å². The van der Waals surface area contributed by atoms with Crippen molar-refractivity contribution in [3.05, 3.63) is 59.7 Å². The number of amides is 1. The Kier molecular flexibility index (Phi) is 5.31. The zero-order valence-corrected chi connectivity index (χ0v) is 14.7. The molecule has 0 aromatic heterocycles. The molecule has 1 fully saturated rings. The number of nitrogens with zero attached hydrogens (tertiary/aromatic N) is 2. The molecule has 0 aliphatic carbocycles. The SMILES string of the molecule is CN(C)C(=O)c1cccc(-c2ccccc2CN2CCCCC2)c1. The summed E-state index contributed by atoms with van der Waals surface area (Å²) in [6.07, 6.45) is 3.96. The average molecular weight is 322 g/mol. The number of piperidine rings is 1. The summed E-state index contributed by atoms with van der Waals surface area (Å²) in [6.45, 7) is 3.36. The highest BCUT2D eigenvalue weighted by molar-refractivity contribution is 5.95. The van der Waals surface area contributed by atoms with Gasteiger partial charge in [0.15, 0.2) is 0 Å². The van der Waals surface area contributed by atoms with E-state index in [4.69, 9.17) is 0 Å².